The van der Waals surface area contributed by atoms with E-state index in [0.717, 1.165) is 69.1 Å². The zero-order valence-corrected chi connectivity index (χ0v) is 20.1. The molecule has 3 aliphatic rings. The van der Waals surface area contributed by atoms with Crippen LogP contribution in [-0.4, -0.2) is 53.6 Å². The number of aromatic nitrogens is 2. The molecule has 3 fully saturated rings. The van der Waals surface area contributed by atoms with Crippen molar-refractivity contribution in [3.8, 4) is 5.75 Å². The highest BCUT2D eigenvalue weighted by atomic mass is 19.1. The fourth-order valence-corrected chi connectivity index (χ4v) is 5.33. The lowest BCUT2D eigenvalue weighted by atomic mass is 9.90. The van der Waals surface area contributed by atoms with Gasteiger partial charge in [0.15, 0.2) is 0 Å². The van der Waals surface area contributed by atoms with Crippen molar-refractivity contribution in [2.24, 2.45) is 17.8 Å². The van der Waals surface area contributed by atoms with Crippen LogP contribution >= 0.6 is 0 Å². The Hall–Kier alpha value is -2.70. The maximum Gasteiger partial charge on any atom is 0.227 e. The number of aryl methyl sites for hydroxylation is 1. The van der Waals surface area contributed by atoms with Gasteiger partial charge in [-0.2, -0.15) is 0 Å². The SMILES string of the molecule is CCc1cnc(N2CCC(C3C[C@H]3CCOc3ccc(CC(=O)N4CCC4)c(F)c3)CC2)nc1. The largest absolute Gasteiger partial charge is 0.493 e. The van der Waals surface area contributed by atoms with Crippen molar-refractivity contribution in [3.63, 3.8) is 0 Å². The van der Waals surface area contributed by atoms with Crippen molar-refractivity contribution < 1.29 is 13.9 Å². The third-order valence-corrected chi connectivity index (χ3v) is 7.84. The molecule has 2 atom stereocenters. The highest BCUT2D eigenvalue weighted by Gasteiger charge is 2.43. The number of hydrogen-bond acceptors (Lipinski definition) is 5. The van der Waals surface area contributed by atoms with Crippen LogP contribution in [0.2, 0.25) is 0 Å². The lowest BCUT2D eigenvalue weighted by molar-refractivity contribution is -0.133. The van der Waals surface area contributed by atoms with E-state index in [1.165, 1.54) is 30.9 Å². The summed E-state index contributed by atoms with van der Waals surface area (Å²) in [7, 11) is 0. The van der Waals surface area contributed by atoms with E-state index in [0.29, 0.717) is 17.9 Å². The Morgan fingerprint density at radius 3 is 2.56 bits per heavy atom. The number of benzene rings is 1. The normalized spacial score (nSPS) is 22.4. The molecule has 7 heteroatoms. The van der Waals surface area contributed by atoms with E-state index in [4.69, 9.17) is 4.74 Å². The minimum atomic E-state index is -0.351. The van der Waals surface area contributed by atoms with E-state index >= 15 is 0 Å². The van der Waals surface area contributed by atoms with Crippen LogP contribution < -0.4 is 9.64 Å². The van der Waals surface area contributed by atoms with Crippen molar-refractivity contribution in [2.75, 3.05) is 37.7 Å². The molecule has 3 heterocycles. The molecular weight excluding hydrogens is 431 g/mol. The summed E-state index contributed by atoms with van der Waals surface area (Å²) >= 11 is 0. The van der Waals surface area contributed by atoms with Crippen LogP contribution in [0.5, 0.6) is 5.75 Å². The van der Waals surface area contributed by atoms with Gasteiger partial charge in [-0.05, 0) is 73.5 Å². The number of halogens is 1. The molecule has 182 valence electrons. The molecule has 1 saturated carbocycles. The van der Waals surface area contributed by atoms with Crippen LogP contribution in [0.1, 0.15) is 50.2 Å². The van der Waals surface area contributed by atoms with Gasteiger partial charge in [0, 0.05) is 44.6 Å². The van der Waals surface area contributed by atoms with Gasteiger partial charge in [0.1, 0.15) is 11.6 Å². The summed E-state index contributed by atoms with van der Waals surface area (Å²) in [5.74, 6) is 3.35. The first-order chi connectivity index (χ1) is 16.6. The van der Waals surface area contributed by atoms with Crippen LogP contribution in [-0.2, 0) is 17.6 Å². The predicted molar refractivity (Wildman–Crippen MR) is 129 cm³/mol. The van der Waals surface area contributed by atoms with Crippen LogP contribution in [0, 0.1) is 23.6 Å². The summed E-state index contributed by atoms with van der Waals surface area (Å²) in [6, 6.07) is 4.90. The zero-order chi connectivity index (χ0) is 23.5. The van der Waals surface area contributed by atoms with Crippen molar-refractivity contribution in [1.82, 2.24) is 14.9 Å². The van der Waals surface area contributed by atoms with E-state index in [9.17, 15) is 9.18 Å². The second-order valence-corrected chi connectivity index (χ2v) is 10.0. The lowest BCUT2D eigenvalue weighted by Gasteiger charge is -2.32. The molecule has 0 bridgehead atoms. The minimum absolute atomic E-state index is 0.00588. The second-order valence-electron chi connectivity index (χ2n) is 10.0. The summed E-state index contributed by atoms with van der Waals surface area (Å²) in [6.07, 6.45) is 10.7. The molecule has 6 nitrogen and oxygen atoms in total. The first-order valence-corrected chi connectivity index (χ1v) is 12.9. The summed E-state index contributed by atoms with van der Waals surface area (Å²) in [5.41, 5.74) is 1.63. The molecule has 2 aromatic rings. The Bertz CT molecular complexity index is 987. The van der Waals surface area contributed by atoms with Crippen molar-refractivity contribution in [3.05, 3.63) is 47.5 Å². The smallest absolute Gasteiger partial charge is 0.227 e. The Morgan fingerprint density at radius 2 is 1.91 bits per heavy atom. The number of carbonyl (C=O) groups excluding carboxylic acids is 1. The van der Waals surface area contributed by atoms with Crippen molar-refractivity contribution in [2.45, 2.75) is 51.9 Å². The monoisotopic (exact) mass is 466 g/mol. The lowest BCUT2D eigenvalue weighted by Crippen LogP contribution is -2.42. The number of piperidine rings is 1. The van der Waals surface area contributed by atoms with Crippen molar-refractivity contribution in [1.29, 1.82) is 0 Å². The number of carbonyl (C=O) groups is 1. The summed E-state index contributed by atoms with van der Waals surface area (Å²) in [5, 5.41) is 0. The average Bonchev–Trinajstić information content (AvgIpc) is 3.59. The standard InChI is InChI=1S/C27H35FN4O2/c1-2-19-17-29-27(30-18-19)32-11-6-20(7-12-32)24-14-21(24)8-13-34-23-5-4-22(25(28)16-23)15-26(33)31-9-3-10-31/h4-5,16-18,20-21,24H,2-3,6-15H2,1H3/t21-,24?/m1/s1. The fourth-order valence-electron chi connectivity index (χ4n) is 5.33. The van der Waals surface area contributed by atoms with E-state index in [-0.39, 0.29) is 18.1 Å². The number of rotatable bonds is 9. The van der Waals surface area contributed by atoms with Gasteiger partial charge in [0.2, 0.25) is 11.9 Å². The zero-order valence-electron chi connectivity index (χ0n) is 20.1. The van der Waals surface area contributed by atoms with Gasteiger partial charge in [-0.15, -0.1) is 0 Å². The number of amides is 1. The first-order valence-electron chi connectivity index (χ1n) is 12.9. The molecule has 0 N–H and O–H groups in total. The molecule has 1 amide bonds. The molecule has 0 radical (unpaired) electrons. The number of likely N-dealkylation sites (tertiary alicyclic amines) is 1. The van der Waals surface area contributed by atoms with Crippen LogP contribution in [0.4, 0.5) is 10.3 Å². The number of anilines is 1. The van der Waals surface area contributed by atoms with E-state index in [1.54, 1.807) is 17.0 Å². The van der Waals surface area contributed by atoms with Crippen LogP contribution in [0.25, 0.3) is 0 Å². The van der Waals surface area contributed by atoms with Gasteiger partial charge in [-0.3, -0.25) is 4.79 Å². The highest BCUT2D eigenvalue weighted by molar-refractivity contribution is 5.79. The van der Waals surface area contributed by atoms with Gasteiger partial charge in [-0.1, -0.05) is 13.0 Å². The molecule has 1 aliphatic carbocycles. The molecule has 1 aromatic heterocycles. The number of nitrogens with zero attached hydrogens (tertiary/aromatic N) is 4. The summed E-state index contributed by atoms with van der Waals surface area (Å²) in [4.78, 5) is 25.2. The molecule has 1 aromatic carbocycles. The third kappa shape index (κ3) is 5.34. The Kier molecular flexibility index (Phi) is 6.97. The quantitative estimate of drug-likeness (QED) is 0.552. The average molecular weight is 467 g/mol. The van der Waals surface area contributed by atoms with Gasteiger partial charge in [0.25, 0.3) is 0 Å². The molecule has 2 saturated heterocycles. The number of hydrogen-bond donors (Lipinski definition) is 0. The molecule has 34 heavy (non-hydrogen) atoms. The van der Waals surface area contributed by atoms with Crippen molar-refractivity contribution >= 4 is 11.9 Å². The third-order valence-electron chi connectivity index (χ3n) is 7.84. The Balaban J connectivity index is 1.02. The van der Waals surface area contributed by atoms with E-state index in [1.807, 2.05) is 12.4 Å². The fraction of sp³-hybridized carbons (Fsp3) is 0.593. The Morgan fingerprint density at radius 1 is 1.15 bits per heavy atom. The molecule has 5 rings (SSSR count). The molecular formula is C27H35FN4O2. The first kappa shape index (κ1) is 23.1. The maximum atomic E-state index is 14.4. The number of ether oxygens (including phenoxy) is 1. The topological polar surface area (TPSA) is 58.6 Å². The molecule has 0 spiro atoms. The van der Waals surface area contributed by atoms with Gasteiger partial charge in [0.05, 0.1) is 13.0 Å². The van der Waals surface area contributed by atoms with E-state index < -0.39 is 0 Å². The minimum Gasteiger partial charge on any atom is -0.493 e. The van der Waals surface area contributed by atoms with E-state index in [2.05, 4.69) is 21.8 Å². The molecule has 1 unspecified atom stereocenters. The predicted octanol–water partition coefficient (Wildman–Crippen LogP) is 4.27. The van der Waals surface area contributed by atoms with Gasteiger partial charge in [-0.25, -0.2) is 14.4 Å². The Labute approximate surface area is 201 Å². The van der Waals surface area contributed by atoms with Crippen LogP contribution in [0.15, 0.2) is 30.6 Å². The summed E-state index contributed by atoms with van der Waals surface area (Å²) in [6.45, 7) is 6.38. The second kappa shape index (κ2) is 10.3. The summed E-state index contributed by atoms with van der Waals surface area (Å²) < 4.78 is 20.3. The van der Waals surface area contributed by atoms with Gasteiger partial charge >= 0.3 is 0 Å². The van der Waals surface area contributed by atoms with Gasteiger partial charge < -0.3 is 14.5 Å². The van der Waals surface area contributed by atoms with Crippen LogP contribution in [0.3, 0.4) is 0 Å². The maximum absolute atomic E-state index is 14.4. The molecule has 2 aliphatic heterocycles. The highest BCUT2D eigenvalue weighted by Crippen LogP contribution is 2.49.